The highest BCUT2D eigenvalue weighted by Gasteiger charge is 2.21. The van der Waals surface area contributed by atoms with Gasteiger partial charge in [-0.2, -0.15) is 0 Å². The minimum absolute atomic E-state index is 0.0291. The van der Waals surface area contributed by atoms with Gasteiger partial charge in [-0.05, 0) is 51.4 Å². The molecule has 0 N–H and O–H groups in total. The van der Waals surface area contributed by atoms with Crippen LogP contribution in [0.1, 0.15) is 239 Å². The fraction of sp³-hybridized carbons (Fsp3) is 0.818. The third-order valence-corrected chi connectivity index (χ3v) is 12.6. The van der Waals surface area contributed by atoms with Gasteiger partial charge in [0, 0.05) is 12.8 Å². The number of carbonyl (C=O) groups is 2. The van der Waals surface area contributed by atoms with Crippen LogP contribution in [0.15, 0.2) is 48.6 Å². The topological polar surface area (TPSA) is 111 Å². The summed E-state index contributed by atoms with van der Waals surface area (Å²) >= 11 is 0. The Morgan fingerprint density at radius 1 is 0.492 bits per heavy atom. The number of esters is 2. The zero-order valence-corrected chi connectivity index (χ0v) is 43.8. The number of rotatable bonds is 49. The molecule has 0 amide bonds. The van der Waals surface area contributed by atoms with Crippen LogP contribution in [0.3, 0.4) is 0 Å². The minimum Gasteiger partial charge on any atom is -0.756 e. The van der Waals surface area contributed by atoms with Gasteiger partial charge in [-0.1, -0.05) is 223 Å². The van der Waals surface area contributed by atoms with E-state index in [1.54, 1.807) is 0 Å². The summed E-state index contributed by atoms with van der Waals surface area (Å²) in [5.74, 6) is -0.827. The number of nitrogens with zero attached hydrogens (tertiary/aromatic N) is 1. The normalized spacial score (nSPS) is 13.8. The van der Waals surface area contributed by atoms with Crippen LogP contribution >= 0.6 is 7.82 Å². The Hall–Kier alpha value is -2.03. The molecule has 2 unspecified atom stereocenters. The van der Waals surface area contributed by atoms with Gasteiger partial charge in [0.05, 0.1) is 27.7 Å². The number of unbranched alkanes of at least 4 members (excludes halogenated alkanes) is 27. The Labute approximate surface area is 401 Å². The first-order chi connectivity index (χ1) is 31.5. The van der Waals surface area contributed by atoms with Crippen LogP contribution in [-0.4, -0.2) is 70.0 Å². The average molecular weight is 936 g/mol. The number of hydrogen-bond donors (Lipinski definition) is 0. The van der Waals surface area contributed by atoms with Crippen LogP contribution in [0.5, 0.6) is 0 Å². The number of phosphoric ester groups is 1. The molecule has 0 fully saturated rings. The second-order valence-electron chi connectivity index (χ2n) is 19.2. The van der Waals surface area contributed by atoms with E-state index in [2.05, 4.69) is 62.5 Å². The van der Waals surface area contributed by atoms with Gasteiger partial charge in [-0.25, -0.2) is 0 Å². The van der Waals surface area contributed by atoms with Crippen molar-refractivity contribution >= 4 is 19.8 Å². The van der Waals surface area contributed by atoms with Gasteiger partial charge in [-0.15, -0.1) is 0 Å². The summed E-state index contributed by atoms with van der Waals surface area (Å²) in [7, 11) is 1.17. The number of quaternary nitrogens is 1. The maximum atomic E-state index is 12.7. The highest BCUT2D eigenvalue weighted by atomic mass is 31.2. The van der Waals surface area contributed by atoms with Crippen LogP contribution in [0.25, 0.3) is 0 Å². The summed E-state index contributed by atoms with van der Waals surface area (Å²) in [4.78, 5) is 37.6. The Morgan fingerprint density at radius 3 is 1.31 bits per heavy atom. The lowest BCUT2D eigenvalue weighted by atomic mass is 10.0. The molecule has 0 aromatic carbocycles. The number of likely N-dealkylation sites (N-methyl/N-ethyl adjacent to an activating group) is 1. The Morgan fingerprint density at radius 2 is 0.877 bits per heavy atom. The van der Waals surface area contributed by atoms with Crippen LogP contribution in [0, 0.1) is 0 Å². The van der Waals surface area contributed by atoms with E-state index in [9.17, 15) is 19.0 Å². The summed E-state index contributed by atoms with van der Waals surface area (Å²) in [6.45, 7) is 4.12. The summed E-state index contributed by atoms with van der Waals surface area (Å²) < 4.78 is 34.0. The van der Waals surface area contributed by atoms with Crippen molar-refractivity contribution in [3.05, 3.63) is 48.6 Å². The molecule has 0 radical (unpaired) electrons. The van der Waals surface area contributed by atoms with Crippen LogP contribution in [0.2, 0.25) is 0 Å². The van der Waals surface area contributed by atoms with Crippen LogP contribution in [0.4, 0.5) is 0 Å². The molecule has 0 bridgehead atoms. The van der Waals surface area contributed by atoms with E-state index in [1.807, 2.05) is 21.1 Å². The first-order valence-electron chi connectivity index (χ1n) is 26.8. The van der Waals surface area contributed by atoms with E-state index >= 15 is 0 Å². The van der Waals surface area contributed by atoms with Crippen molar-refractivity contribution in [1.29, 1.82) is 0 Å². The molecule has 0 saturated heterocycles. The zero-order chi connectivity index (χ0) is 47.8. The van der Waals surface area contributed by atoms with Crippen molar-refractivity contribution in [3.63, 3.8) is 0 Å². The lowest BCUT2D eigenvalue weighted by Crippen LogP contribution is -2.37. The van der Waals surface area contributed by atoms with Crippen molar-refractivity contribution in [1.82, 2.24) is 0 Å². The minimum atomic E-state index is -4.62. The van der Waals surface area contributed by atoms with Crippen molar-refractivity contribution in [2.24, 2.45) is 0 Å². The van der Waals surface area contributed by atoms with E-state index in [0.717, 1.165) is 64.2 Å². The monoisotopic (exact) mass is 936 g/mol. The number of ether oxygens (including phenoxy) is 2. The quantitative estimate of drug-likeness (QED) is 0.0195. The van der Waals surface area contributed by atoms with Crippen LogP contribution in [-0.2, 0) is 32.7 Å². The third-order valence-electron chi connectivity index (χ3n) is 11.6. The largest absolute Gasteiger partial charge is 0.756 e. The van der Waals surface area contributed by atoms with Gasteiger partial charge in [0.25, 0.3) is 7.82 Å². The molecule has 0 spiro atoms. The lowest BCUT2D eigenvalue weighted by Gasteiger charge is -2.28. The summed E-state index contributed by atoms with van der Waals surface area (Å²) in [6, 6.07) is 0. The van der Waals surface area contributed by atoms with Crippen molar-refractivity contribution < 1.29 is 42.1 Å². The van der Waals surface area contributed by atoms with E-state index in [1.165, 1.54) is 141 Å². The Balaban J connectivity index is 4.00. The molecule has 0 aliphatic rings. The maximum absolute atomic E-state index is 12.7. The van der Waals surface area contributed by atoms with Gasteiger partial charge < -0.3 is 27.9 Å². The molecule has 65 heavy (non-hydrogen) atoms. The van der Waals surface area contributed by atoms with Gasteiger partial charge >= 0.3 is 11.9 Å². The summed E-state index contributed by atoms with van der Waals surface area (Å²) in [5.41, 5.74) is 0. The third kappa shape index (κ3) is 51.2. The predicted octanol–water partition coefficient (Wildman–Crippen LogP) is 15.6. The zero-order valence-electron chi connectivity index (χ0n) is 42.9. The highest BCUT2D eigenvalue weighted by molar-refractivity contribution is 7.45. The number of phosphoric acid groups is 1. The number of hydrogen-bond acceptors (Lipinski definition) is 8. The molecule has 0 aliphatic carbocycles. The molecular weight excluding hydrogens is 834 g/mol. The fourth-order valence-electron chi connectivity index (χ4n) is 7.47. The molecule has 9 nitrogen and oxygen atoms in total. The maximum Gasteiger partial charge on any atom is 0.306 e. The van der Waals surface area contributed by atoms with Crippen molar-refractivity contribution in [2.45, 2.75) is 245 Å². The molecule has 0 heterocycles. The molecule has 0 aliphatic heterocycles. The first-order valence-corrected chi connectivity index (χ1v) is 28.3. The lowest BCUT2D eigenvalue weighted by molar-refractivity contribution is -0.870. The van der Waals surface area contributed by atoms with E-state index in [-0.39, 0.29) is 32.0 Å². The Bertz CT molecular complexity index is 1240. The molecule has 0 aromatic rings. The number of carbonyl (C=O) groups excluding carboxylic acids is 2. The van der Waals surface area contributed by atoms with Gasteiger partial charge in [0.2, 0.25) is 0 Å². The summed E-state index contributed by atoms with van der Waals surface area (Å²) in [5, 5.41) is 0. The molecule has 380 valence electrons. The van der Waals surface area contributed by atoms with Gasteiger partial charge in [-0.3, -0.25) is 14.2 Å². The second-order valence-corrected chi connectivity index (χ2v) is 20.6. The van der Waals surface area contributed by atoms with E-state index < -0.39 is 26.5 Å². The van der Waals surface area contributed by atoms with E-state index in [4.69, 9.17) is 18.5 Å². The molecule has 0 saturated carbocycles. The smallest absolute Gasteiger partial charge is 0.306 e. The second kappa shape index (κ2) is 47.1. The molecule has 0 aromatic heterocycles. The predicted molar refractivity (Wildman–Crippen MR) is 273 cm³/mol. The number of allylic oxidation sites excluding steroid dienone is 8. The molecular formula is C55H102NO8P. The SMILES string of the molecule is CC/C=C\C/C=C\C/C=C\C/C=C\CCCCCCCCCCCCCCCCCCCCC(=O)OC(COC(=O)CCCCCCCCCCCC)COP(=O)([O-])OCC[N+](C)(C)C. The Kier molecular flexibility index (Phi) is 45.6. The van der Waals surface area contributed by atoms with Crippen LogP contribution < -0.4 is 4.89 Å². The summed E-state index contributed by atoms with van der Waals surface area (Å²) in [6.07, 6.45) is 57.4. The van der Waals surface area contributed by atoms with Crippen molar-refractivity contribution in [2.75, 3.05) is 47.5 Å². The highest BCUT2D eigenvalue weighted by Crippen LogP contribution is 2.38. The molecule has 2 atom stereocenters. The fourth-order valence-corrected chi connectivity index (χ4v) is 8.20. The average Bonchev–Trinajstić information content (AvgIpc) is 3.26. The van der Waals surface area contributed by atoms with Gasteiger partial charge in [0.15, 0.2) is 6.10 Å². The van der Waals surface area contributed by atoms with Crippen molar-refractivity contribution in [3.8, 4) is 0 Å². The molecule has 10 heteroatoms. The standard InChI is InChI=1S/C55H102NO8P/c1-6-8-10-12-14-16-18-19-20-21-22-23-24-25-26-27-28-29-30-31-32-33-34-35-36-37-38-40-42-44-46-48-55(58)64-53(52-63-65(59,60)62-50-49-56(3,4)5)51-61-54(57)47-45-43-41-39-17-15-13-11-9-7-2/h8,10,14,16,19-20,22-23,53H,6-7,9,11-13,15,17-18,21,24-52H2,1-5H3/b10-8-,16-14-,20-19-,23-22-. The molecule has 0 rings (SSSR count). The van der Waals surface area contributed by atoms with E-state index in [0.29, 0.717) is 17.4 Å². The van der Waals surface area contributed by atoms with Gasteiger partial charge in [0.1, 0.15) is 19.8 Å². The first kappa shape index (κ1) is 63.0.